The van der Waals surface area contributed by atoms with Crippen LogP contribution in [0.25, 0.3) is 0 Å². The summed E-state index contributed by atoms with van der Waals surface area (Å²) in [5.74, 6) is 0.417. The highest BCUT2D eigenvalue weighted by atomic mass is 19.1. The van der Waals surface area contributed by atoms with Crippen LogP contribution in [0.1, 0.15) is 5.56 Å². The number of amides is 1. The van der Waals surface area contributed by atoms with Gasteiger partial charge in [-0.05, 0) is 42.3 Å². The van der Waals surface area contributed by atoms with E-state index in [2.05, 4.69) is 5.32 Å². The standard InChI is InChI=1S/C17H16FNO3/c1-21-13-6-7-16-11(9-13)8-12(10-22-16)17(20)19-15-5-3-2-4-14(15)18/h2-7,9,12H,8,10H2,1H3,(H,19,20). The quantitative estimate of drug-likeness (QED) is 0.948. The van der Waals surface area contributed by atoms with Gasteiger partial charge in [-0.25, -0.2) is 4.39 Å². The Morgan fingerprint density at radius 3 is 2.91 bits per heavy atom. The van der Waals surface area contributed by atoms with E-state index in [9.17, 15) is 9.18 Å². The lowest BCUT2D eigenvalue weighted by Crippen LogP contribution is -2.32. The second-order valence-corrected chi connectivity index (χ2v) is 5.15. The summed E-state index contributed by atoms with van der Waals surface area (Å²) in [5.41, 5.74) is 1.10. The lowest BCUT2D eigenvalue weighted by atomic mass is 9.95. The first kappa shape index (κ1) is 14.4. The van der Waals surface area contributed by atoms with Crippen molar-refractivity contribution < 1.29 is 18.7 Å². The first-order chi connectivity index (χ1) is 10.7. The molecule has 2 aromatic rings. The third-order valence-corrected chi connectivity index (χ3v) is 3.68. The van der Waals surface area contributed by atoms with Gasteiger partial charge in [0.1, 0.15) is 23.9 Å². The van der Waals surface area contributed by atoms with Gasteiger partial charge in [0.2, 0.25) is 5.91 Å². The van der Waals surface area contributed by atoms with Gasteiger partial charge in [0, 0.05) is 0 Å². The Kier molecular flexibility index (Phi) is 3.96. The molecule has 0 saturated heterocycles. The summed E-state index contributed by atoms with van der Waals surface area (Å²) in [6.45, 7) is 0.277. The molecule has 0 fully saturated rings. The van der Waals surface area contributed by atoms with Gasteiger partial charge in [-0.1, -0.05) is 12.1 Å². The van der Waals surface area contributed by atoms with Gasteiger partial charge >= 0.3 is 0 Å². The van der Waals surface area contributed by atoms with Crippen LogP contribution in [-0.2, 0) is 11.2 Å². The number of methoxy groups -OCH3 is 1. The van der Waals surface area contributed by atoms with Crippen LogP contribution >= 0.6 is 0 Å². The number of rotatable bonds is 3. The molecule has 2 aromatic carbocycles. The number of nitrogens with one attached hydrogen (secondary N) is 1. The average molecular weight is 301 g/mol. The molecular weight excluding hydrogens is 285 g/mol. The molecule has 0 saturated carbocycles. The average Bonchev–Trinajstić information content (AvgIpc) is 2.55. The molecule has 1 aliphatic rings. The van der Waals surface area contributed by atoms with E-state index in [1.165, 1.54) is 12.1 Å². The molecule has 1 heterocycles. The van der Waals surface area contributed by atoms with Crippen molar-refractivity contribution in [3.8, 4) is 11.5 Å². The smallest absolute Gasteiger partial charge is 0.231 e. The fourth-order valence-corrected chi connectivity index (χ4v) is 2.46. The number of hydrogen-bond donors (Lipinski definition) is 1. The molecule has 1 unspecified atom stereocenters. The van der Waals surface area contributed by atoms with E-state index >= 15 is 0 Å². The van der Waals surface area contributed by atoms with Gasteiger partial charge in [0.25, 0.3) is 0 Å². The summed E-state index contributed by atoms with van der Waals surface area (Å²) < 4.78 is 24.4. The van der Waals surface area contributed by atoms with Crippen LogP contribution in [0.15, 0.2) is 42.5 Å². The summed E-state index contributed by atoms with van der Waals surface area (Å²) in [7, 11) is 1.59. The lowest BCUT2D eigenvalue weighted by Gasteiger charge is -2.25. The van der Waals surface area contributed by atoms with Gasteiger partial charge in [0.15, 0.2) is 0 Å². The Bertz CT molecular complexity index is 702. The second-order valence-electron chi connectivity index (χ2n) is 5.15. The van der Waals surface area contributed by atoms with Crippen LogP contribution in [-0.4, -0.2) is 19.6 Å². The molecule has 0 radical (unpaired) electrons. The van der Waals surface area contributed by atoms with Crippen molar-refractivity contribution in [1.29, 1.82) is 0 Å². The van der Waals surface area contributed by atoms with Crippen LogP contribution in [0.5, 0.6) is 11.5 Å². The molecule has 1 amide bonds. The highest BCUT2D eigenvalue weighted by Crippen LogP contribution is 2.31. The van der Waals surface area contributed by atoms with Crippen LogP contribution in [0, 0.1) is 11.7 Å². The Balaban J connectivity index is 1.73. The molecule has 1 N–H and O–H groups in total. The molecule has 3 rings (SSSR count). The maximum atomic E-state index is 13.6. The maximum absolute atomic E-state index is 13.6. The first-order valence-electron chi connectivity index (χ1n) is 7.02. The van der Waals surface area contributed by atoms with E-state index in [4.69, 9.17) is 9.47 Å². The predicted molar refractivity (Wildman–Crippen MR) is 80.7 cm³/mol. The Hall–Kier alpha value is -2.56. The van der Waals surface area contributed by atoms with E-state index in [1.807, 2.05) is 18.2 Å². The number of benzene rings is 2. The molecule has 0 aromatic heterocycles. The molecule has 0 spiro atoms. The molecule has 1 aliphatic heterocycles. The van der Waals surface area contributed by atoms with Crippen LogP contribution in [0.3, 0.4) is 0 Å². The van der Waals surface area contributed by atoms with E-state index < -0.39 is 5.82 Å². The highest BCUT2D eigenvalue weighted by Gasteiger charge is 2.26. The number of para-hydroxylation sites is 1. The van der Waals surface area contributed by atoms with E-state index in [1.54, 1.807) is 19.2 Å². The molecule has 1 atom stereocenters. The summed E-state index contributed by atoms with van der Waals surface area (Å²) in [5, 5.41) is 2.61. The minimum atomic E-state index is -0.449. The van der Waals surface area contributed by atoms with Crippen molar-refractivity contribution in [1.82, 2.24) is 0 Å². The zero-order chi connectivity index (χ0) is 15.5. The zero-order valence-electron chi connectivity index (χ0n) is 12.1. The minimum absolute atomic E-state index is 0.184. The Morgan fingerprint density at radius 2 is 2.14 bits per heavy atom. The number of anilines is 1. The van der Waals surface area contributed by atoms with Gasteiger partial charge < -0.3 is 14.8 Å². The summed E-state index contributed by atoms with van der Waals surface area (Å²) in [6.07, 6.45) is 0.535. The second kappa shape index (κ2) is 6.05. The first-order valence-corrected chi connectivity index (χ1v) is 7.02. The lowest BCUT2D eigenvalue weighted by molar-refractivity contribution is -0.121. The van der Waals surface area contributed by atoms with Crippen LogP contribution in [0.4, 0.5) is 10.1 Å². The number of hydrogen-bond acceptors (Lipinski definition) is 3. The van der Waals surface area contributed by atoms with Gasteiger partial charge in [-0.2, -0.15) is 0 Å². The SMILES string of the molecule is COc1ccc2c(c1)CC(C(=O)Nc1ccccc1F)CO2. The maximum Gasteiger partial charge on any atom is 0.231 e. The van der Waals surface area contributed by atoms with E-state index in [-0.39, 0.29) is 24.1 Å². The number of carbonyl (C=O) groups is 1. The number of ether oxygens (including phenoxy) is 2. The van der Waals surface area contributed by atoms with Crippen molar-refractivity contribution in [2.24, 2.45) is 5.92 Å². The largest absolute Gasteiger partial charge is 0.497 e. The third kappa shape index (κ3) is 2.88. The number of carbonyl (C=O) groups excluding carboxylic acids is 1. The molecule has 0 aliphatic carbocycles. The summed E-state index contributed by atoms with van der Waals surface area (Å²) in [4.78, 5) is 12.3. The highest BCUT2D eigenvalue weighted by molar-refractivity contribution is 5.93. The van der Waals surface area contributed by atoms with Gasteiger partial charge in [-0.3, -0.25) is 4.79 Å². The number of halogens is 1. The van der Waals surface area contributed by atoms with E-state index in [0.29, 0.717) is 6.42 Å². The minimum Gasteiger partial charge on any atom is -0.497 e. The fourth-order valence-electron chi connectivity index (χ4n) is 2.46. The molecule has 114 valence electrons. The van der Waals surface area contributed by atoms with Crippen molar-refractivity contribution in [2.45, 2.75) is 6.42 Å². The van der Waals surface area contributed by atoms with Crippen molar-refractivity contribution >= 4 is 11.6 Å². The van der Waals surface area contributed by atoms with Crippen LogP contribution < -0.4 is 14.8 Å². The Labute approximate surface area is 127 Å². The van der Waals surface area contributed by atoms with Gasteiger partial charge in [-0.15, -0.1) is 0 Å². The van der Waals surface area contributed by atoms with Crippen molar-refractivity contribution in [3.05, 3.63) is 53.8 Å². The fraction of sp³-hybridized carbons (Fsp3) is 0.235. The van der Waals surface area contributed by atoms with E-state index in [0.717, 1.165) is 17.1 Å². The topological polar surface area (TPSA) is 47.6 Å². The monoisotopic (exact) mass is 301 g/mol. The third-order valence-electron chi connectivity index (χ3n) is 3.68. The summed E-state index contributed by atoms with van der Waals surface area (Å²) in [6, 6.07) is 11.6. The normalized spacial score (nSPS) is 16.4. The molecule has 4 nitrogen and oxygen atoms in total. The molecular formula is C17H16FNO3. The molecule has 0 bridgehead atoms. The van der Waals surface area contributed by atoms with Crippen molar-refractivity contribution in [2.75, 3.05) is 19.0 Å². The molecule has 5 heteroatoms. The van der Waals surface area contributed by atoms with Crippen LogP contribution in [0.2, 0.25) is 0 Å². The predicted octanol–water partition coefficient (Wildman–Crippen LogP) is 3.02. The van der Waals surface area contributed by atoms with Gasteiger partial charge in [0.05, 0.1) is 18.7 Å². The summed E-state index contributed by atoms with van der Waals surface area (Å²) >= 11 is 0. The zero-order valence-corrected chi connectivity index (χ0v) is 12.1. The number of fused-ring (bicyclic) bond motifs is 1. The Morgan fingerprint density at radius 1 is 1.32 bits per heavy atom. The van der Waals surface area contributed by atoms with Crippen molar-refractivity contribution in [3.63, 3.8) is 0 Å². The molecule has 22 heavy (non-hydrogen) atoms.